The van der Waals surface area contributed by atoms with Crippen molar-refractivity contribution >= 4 is 37.5 Å². The molecule has 1 aromatic rings. The first-order valence-electron chi connectivity index (χ1n) is 6.12. The quantitative estimate of drug-likeness (QED) is 0.765. The number of nitrogens with zero attached hydrogens (tertiary/aromatic N) is 1. The fourth-order valence-electron chi connectivity index (χ4n) is 2.21. The number of nitrogen functional groups attached to an aromatic ring is 1. The molecule has 0 aromatic heterocycles. The maximum atomic E-state index is 13.9. The minimum absolute atomic E-state index is 0.0694. The molecule has 0 radical (unpaired) electrons. The van der Waals surface area contributed by atoms with Crippen molar-refractivity contribution in [3.05, 3.63) is 22.4 Å². The molecular formula is C12H15BrFN3O3S. The van der Waals surface area contributed by atoms with Crippen LogP contribution < -0.4 is 11.5 Å². The largest absolute Gasteiger partial charge is 0.398 e. The van der Waals surface area contributed by atoms with Gasteiger partial charge in [0.2, 0.25) is 15.9 Å². The van der Waals surface area contributed by atoms with Crippen molar-refractivity contribution in [2.45, 2.75) is 18.2 Å². The summed E-state index contributed by atoms with van der Waals surface area (Å²) in [4.78, 5) is 10.9. The zero-order valence-electron chi connectivity index (χ0n) is 11.3. The number of benzene rings is 1. The summed E-state index contributed by atoms with van der Waals surface area (Å²) in [6, 6.07) is 2.07. The molecule has 1 atom stereocenters. The number of anilines is 1. The second-order valence-electron chi connectivity index (χ2n) is 5.32. The van der Waals surface area contributed by atoms with Crippen LogP contribution in [0.1, 0.15) is 13.3 Å². The minimum Gasteiger partial charge on any atom is -0.398 e. The first-order chi connectivity index (χ1) is 9.58. The predicted octanol–water partition coefficient (Wildman–Crippen LogP) is 1.06. The monoisotopic (exact) mass is 379 g/mol. The summed E-state index contributed by atoms with van der Waals surface area (Å²) in [6.45, 7) is 1.63. The van der Waals surface area contributed by atoms with E-state index in [1.54, 1.807) is 6.92 Å². The Morgan fingerprint density at radius 3 is 2.62 bits per heavy atom. The molecule has 1 unspecified atom stereocenters. The Morgan fingerprint density at radius 1 is 1.48 bits per heavy atom. The molecule has 1 aromatic carbocycles. The Morgan fingerprint density at radius 2 is 2.10 bits per heavy atom. The van der Waals surface area contributed by atoms with Crippen molar-refractivity contribution in [2.75, 3.05) is 18.8 Å². The van der Waals surface area contributed by atoms with E-state index in [9.17, 15) is 17.6 Å². The van der Waals surface area contributed by atoms with Gasteiger partial charge in [0.25, 0.3) is 0 Å². The van der Waals surface area contributed by atoms with Gasteiger partial charge in [0.05, 0.1) is 5.41 Å². The van der Waals surface area contributed by atoms with E-state index in [2.05, 4.69) is 15.9 Å². The van der Waals surface area contributed by atoms with Crippen LogP contribution in [0.5, 0.6) is 0 Å². The lowest BCUT2D eigenvalue weighted by molar-refractivity contribution is -0.126. The molecule has 1 saturated heterocycles. The number of primary amides is 1. The molecular weight excluding hydrogens is 365 g/mol. The second-order valence-corrected chi connectivity index (χ2v) is 8.08. The van der Waals surface area contributed by atoms with Crippen molar-refractivity contribution < 1.29 is 17.6 Å². The number of carbonyl (C=O) groups excluding carboxylic acids is 1. The second kappa shape index (κ2) is 5.22. The number of rotatable bonds is 3. The number of sulfonamides is 1. The van der Waals surface area contributed by atoms with Crippen molar-refractivity contribution in [3.8, 4) is 0 Å². The molecule has 21 heavy (non-hydrogen) atoms. The third-order valence-electron chi connectivity index (χ3n) is 3.70. The molecule has 0 aliphatic carbocycles. The van der Waals surface area contributed by atoms with Crippen LogP contribution in [0.2, 0.25) is 0 Å². The summed E-state index contributed by atoms with van der Waals surface area (Å²) in [5, 5.41) is 0. The minimum atomic E-state index is -4.06. The van der Waals surface area contributed by atoms with Gasteiger partial charge in [-0.2, -0.15) is 4.31 Å². The van der Waals surface area contributed by atoms with Crippen LogP contribution >= 0.6 is 15.9 Å². The zero-order valence-corrected chi connectivity index (χ0v) is 13.7. The Bertz CT molecular complexity index is 710. The molecule has 1 aliphatic rings. The predicted molar refractivity (Wildman–Crippen MR) is 79.2 cm³/mol. The van der Waals surface area contributed by atoms with Gasteiger partial charge < -0.3 is 11.5 Å². The highest BCUT2D eigenvalue weighted by molar-refractivity contribution is 9.10. The molecule has 1 heterocycles. The first-order valence-corrected chi connectivity index (χ1v) is 8.36. The summed E-state index contributed by atoms with van der Waals surface area (Å²) in [7, 11) is -4.06. The molecule has 0 bridgehead atoms. The van der Waals surface area contributed by atoms with Crippen molar-refractivity contribution in [3.63, 3.8) is 0 Å². The number of hydrogen-bond donors (Lipinski definition) is 2. The van der Waals surface area contributed by atoms with E-state index in [4.69, 9.17) is 11.5 Å². The average molecular weight is 380 g/mol. The van der Waals surface area contributed by atoms with E-state index < -0.39 is 32.1 Å². The lowest BCUT2D eigenvalue weighted by Crippen LogP contribution is -2.38. The molecule has 4 N–H and O–H groups in total. The van der Waals surface area contributed by atoms with Gasteiger partial charge in [-0.25, -0.2) is 12.8 Å². The van der Waals surface area contributed by atoms with E-state index in [0.717, 1.165) is 16.4 Å². The van der Waals surface area contributed by atoms with Gasteiger partial charge in [-0.15, -0.1) is 0 Å². The van der Waals surface area contributed by atoms with Crippen LogP contribution in [0.4, 0.5) is 10.1 Å². The van der Waals surface area contributed by atoms with Crippen LogP contribution in [0, 0.1) is 11.2 Å². The van der Waals surface area contributed by atoms with Crippen LogP contribution in [0.15, 0.2) is 21.5 Å². The summed E-state index contributed by atoms with van der Waals surface area (Å²) >= 11 is 3.03. The van der Waals surface area contributed by atoms with E-state index in [1.165, 1.54) is 0 Å². The van der Waals surface area contributed by atoms with Gasteiger partial charge in [-0.3, -0.25) is 4.79 Å². The summed E-state index contributed by atoms with van der Waals surface area (Å²) in [6.07, 6.45) is 0.301. The lowest BCUT2D eigenvalue weighted by atomic mass is 9.89. The first kappa shape index (κ1) is 16.2. The molecule has 6 nitrogen and oxygen atoms in total. The van der Waals surface area contributed by atoms with Crippen LogP contribution in [-0.4, -0.2) is 31.7 Å². The van der Waals surface area contributed by atoms with E-state index in [0.29, 0.717) is 6.42 Å². The average Bonchev–Trinajstić information content (AvgIpc) is 2.78. The Kier molecular flexibility index (Phi) is 4.02. The molecule has 116 valence electrons. The van der Waals surface area contributed by atoms with Gasteiger partial charge in [0.15, 0.2) is 0 Å². The zero-order chi connectivity index (χ0) is 16.0. The number of hydrogen-bond acceptors (Lipinski definition) is 4. The molecule has 1 amide bonds. The fraction of sp³-hybridized carbons (Fsp3) is 0.417. The van der Waals surface area contributed by atoms with Crippen molar-refractivity contribution in [1.82, 2.24) is 4.31 Å². The maximum Gasteiger partial charge on any atom is 0.246 e. The van der Waals surface area contributed by atoms with Crippen molar-refractivity contribution in [2.24, 2.45) is 11.1 Å². The Hall–Kier alpha value is -1.19. The molecule has 0 saturated carbocycles. The molecule has 2 rings (SSSR count). The molecule has 1 aliphatic heterocycles. The van der Waals surface area contributed by atoms with Crippen LogP contribution in [0.25, 0.3) is 0 Å². The van der Waals surface area contributed by atoms with E-state index in [-0.39, 0.29) is 23.2 Å². The van der Waals surface area contributed by atoms with E-state index in [1.807, 2.05) is 0 Å². The van der Waals surface area contributed by atoms with Gasteiger partial charge in [-0.05, 0) is 41.4 Å². The molecule has 1 fully saturated rings. The smallest absolute Gasteiger partial charge is 0.246 e. The molecule has 9 heteroatoms. The summed E-state index contributed by atoms with van der Waals surface area (Å²) < 4.78 is 40.3. The highest BCUT2D eigenvalue weighted by Gasteiger charge is 2.44. The van der Waals surface area contributed by atoms with Gasteiger partial charge in [-0.1, -0.05) is 0 Å². The van der Waals surface area contributed by atoms with Crippen molar-refractivity contribution in [1.29, 1.82) is 0 Å². The highest BCUT2D eigenvalue weighted by Crippen LogP contribution is 2.35. The standard InChI is InChI=1S/C12H15BrFN3O3S/c1-12(11(16)18)2-3-17(6-12)21(19,20)10-5-9(15)7(13)4-8(10)14/h4-5H,2-3,6,15H2,1H3,(H2,16,18). The van der Waals surface area contributed by atoms with E-state index >= 15 is 0 Å². The third kappa shape index (κ3) is 2.77. The topological polar surface area (TPSA) is 106 Å². The van der Waals surface area contributed by atoms with Gasteiger partial charge in [0, 0.05) is 23.2 Å². The van der Waals surface area contributed by atoms with Gasteiger partial charge in [0.1, 0.15) is 10.7 Å². The normalized spacial score (nSPS) is 23.4. The van der Waals surface area contributed by atoms with Gasteiger partial charge >= 0.3 is 0 Å². The third-order valence-corrected chi connectivity index (χ3v) is 6.25. The Labute approximate surface area is 130 Å². The molecule has 0 spiro atoms. The SMILES string of the molecule is CC1(C(N)=O)CCN(S(=O)(=O)c2cc(N)c(Br)cc2F)C1. The fourth-order valence-corrected chi connectivity index (χ4v) is 4.17. The summed E-state index contributed by atoms with van der Waals surface area (Å²) in [5.41, 5.74) is 10.1. The van der Waals surface area contributed by atoms with Crippen LogP contribution in [-0.2, 0) is 14.8 Å². The maximum absolute atomic E-state index is 13.9. The lowest BCUT2D eigenvalue weighted by Gasteiger charge is -2.21. The van der Waals surface area contributed by atoms with Crippen LogP contribution in [0.3, 0.4) is 0 Å². The summed E-state index contributed by atoms with van der Waals surface area (Å²) in [5.74, 6) is -1.47. The number of amides is 1. The number of halogens is 2. The number of nitrogens with two attached hydrogens (primary N) is 2. The Balaban J connectivity index is 2.41. The number of carbonyl (C=O) groups is 1. The highest BCUT2D eigenvalue weighted by atomic mass is 79.9.